The van der Waals surface area contributed by atoms with Crippen molar-refractivity contribution in [2.75, 3.05) is 11.9 Å². The molecule has 0 saturated carbocycles. The van der Waals surface area contributed by atoms with Crippen LogP contribution in [0.3, 0.4) is 0 Å². The first-order valence-corrected chi connectivity index (χ1v) is 5.99. The highest BCUT2D eigenvalue weighted by Crippen LogP contribution is 2.21. The lowest BCUT2D eigenvalue weighted by molar-refractivity contribution is -0.127. The number of aromatic nitrogens is 1. The Balaban J connectivity index is 1.99. The van der Waals surface area contributed by atoms with Gasteiger partial charge in [-0.2, -0.15) is 5.26 Å². The molecular weight excluding hydrogens is 230 g/mol. The van der Waals surface area contributed by atoms with Crippen LogP contribution in [0.2, 0.25) is 0 Å². The standard InChI is InChI=1S/C13H15N3O2/c1-9-11(3-2-6-18-9)13(17)16-12-5-4-10(7-14)8-15-12/h4-5,8-9,11H,2-3,6H2,1H3,(H,15,16,17). The molecule has 0 spiro atoms. The molecule has 1 aliphatic heterocycles. The number of ether oxygens (including phenoxy) is 1. The molecule has 1 fully saturated rings. The molecule has 0 aromatic carbocycles. The summed E-state index contributed by atoms with van der Waals surface area (Å²) in [5.41, 5.74) is 0.474. The minimum absolute atomic E-state index is 0.0582. The second-order valence-corrected chi connectivity index (χ2v) is 4.36. The van der Waals surface area contributed by atoms with E-state index in [4.69, 9.17) is 10.00 Å². The zero-order valence-corrected chi connectivity index (χ0v) is 10.2. The van der Waals surface area contributed by atoms with Crippen molar-refractivity contribution < 1.29 is 9.53 Å². The van der Waals surface area contributed by atoms with Crippen molar-refractivity contribution in [3.05, 3.63) is 23.9 Å². The van der Waals surface area contributed by atoms with Crippen molar-refractivity contribution in [1.82, 2.24) is 4.98 Å². The zero-order valence-electron chi connectivity index (χ0n) is 10.2. The average Bonchev–Trinajstić information content (AvgIpc) is 2.40. The maximum Gasteiger partial charge on any atom is 0.231 e. The predicted octanol–water partition coefficient (Wildman–Crippen LogP) is 1.71. The maximum atomic E-state index is 12.0. The van der Waals surface area contributed by atoms with E-state index >= 15 is 0 Å². The lowest BCUT2D eigenvalue weighted by Gasteiger charge is -2.27. The van der Waals surface area contributed by atoms with E-state index < -0.39 is 0 Å². The van der Waals surface area contributed by atoms with Crippen LogP contribution in [0, 0.1) is 17.2 Å². The van der Waals surface area contributed by atoms with Crippen LogP contribution in [-0.4, -0.2) is 23.6 Å². The average molecular weight is 245 g/mol. The SMILES string of the molecule is CC1OCCCC1C(=O)Nc1ccc(C#N)cn1. The molecule has 2 rings (SSSR count). The number of hydrogen-bond acceptors (Lipinski definition) is 4. The number of nitrogens with one attached hydrogen (secondary N) is 1. The Labute approximate surface area is 106 Å². The van der Waals surface area contributed by atoms with Gasteiger partial charge in [0, 0.05) is 12.8 Å². The van der Waals surface area contributed by atoms with Gasteiger partial charge in [0.15, 0.2) is 0 Å². The Morgan fingerprint density at radius 1 is 1.61 bits per heavy atom. The van der Waals surface area contributed by atoms with Crippen molar-refractivity contribution in [2.45, 2.75) is 25.9 Å². The third kappa shape index (κ3) is 2.84. The number of pyridine rings is 1. The second kappa shape index (κ2) is 5.61. The van der Waals surface area contributed by atoms with E-state index in [2.05, 4.69) is 10.3 Å². The smallest absolute Gasteiger partial charge is 0.231 e. The molecule has 2 heterocycles. The zero-order chi connectivity index (χ0) is 13.0. The fourth-order valence-electron chi connectivity index (χ4n) is 2.02. The van der Waals surface area contributed by atoms with Gasteiger partial charge in [0.1, 0.15) is 11.9 Å². The summed E-state index contributed by atoms with van der Waals surface area (Å²) in [4.78, 5) is 16.1. The molecule has 5 heteroatoms. The molecule has 0 radical (unpaired) electrons. The Morgan fingerprint density at radius 3 is 3.06 bits per heavy atom. The minimum Gasteiger partial charge on any atom is -0.378 e. The molecule has 1 aliphatic rings. The quantitative estimate of drug-likeness (QED) is 0.860. The molecule has 1 N–H and O–H groups in total. The van der Waals surface area contributed by atoms with Gasteiger partial charge < -0.3 is 10.1 Å². The number of rotatable bonds is 2. The van der Waals surface area contributed by atoms with Gasteiger partial charge in [-0.15, -0.1) is 0 Å². The van der Waals surface area contributed by atoms with Gasteiger partial charge in [0.2, 0.25) is 5.91 Å². The molecule has 2 unspecified atom stereocenters. The molecule has 2 atom stereocenters. The predicted molar refractivity (Wildman–Crippen MR) is 65.7 cm³/mol. The van der Waals surface area contributed by atoms with Crippen LogP contribution in [0.1, 0.15) is 25.3 Å². The third-order valence-electron chi connectivity index (χ3n) is 3.09. The first-order chi connectivity index (χ1) is 8.70. The summed E-state index contributed by atoms with van der Waals surface area (Å²) in [7, 11) is 0. The summed E-state index contributed by atoms with van der Waals surface area (Å²) < 4.78 is 5.46. The van der Waals surface area contributed by atoms with Crippen LogP contribution in [0.4, 0.5) is 5.82 Å². The first-order valence-electron chi connectivity index (χ1n) is 5.99. The number of carbonyl (C=O) groups is 1. The van der Waals surface area contributed by atoms with Gasteiger partial charge in [-0.1, -0.05) is 0 Å². The number of nitriles is 1. The molecule has 18 heavy (non-hydrogen) atoms. The minimum atomic E-state index is -0.129. The fourth-order valence-corrected chi connectivity index (χ4v) is 2.02. The summed E-state index contributed by atoms with van der Waals surface area (Å²) in [6.07, 6.45) is 3.13. The van der Waals surface area contributed by atoms with E-state index in [0.717, 1.165) is 19.4 Å². The maximum absolute atomic E-state index is 12.0. The Morgan fingerprint density at radius 2 is 2.44 bits per heavy atom. The lowest BCUT2D eigenvalue weighted by atomic mass is 9.94. The topological polar surface area (TPSA) is 75.0 Å². The van der Waals surface area contributed by atoms with Gasteiger partial charge in [0.25, 0.3) is 0 Å². The van der Waals surface area contributed by atoms with E-state index in [-0.39, 0.29) is 17.9 Å². The van der Waals surface area contributed by atoms with Crippen LogP contribution >= 0.6 is 0 Å². The van der Waals surface area contributed by atoms with Crippen LogP contribution in [-0.2, 0) is 9.53 Å². The lowest BCUT2D eigenvalue weighted by Crippen LogP contribution is -2.36. The highest BCUT2D eigenvalue weighted by atomic mass is 16.5. The van der Waals surface area contributed by atoms with E-state index in [1.807, 2.05) is 13.0 Å². The van der Waals surface area contributed by atoms with E-state index in [1.54, 1.807) is 12.1 Å². The molecule has 1 aromatic rings. The molecule has 1 aromatic heterocycles. The van der Waals surface area contributed by atoms with Gasteiger partial charge in [-0.05, 0) is 31.9 Å². The van der Waals surface area contributed by atoms with Crippen LogP contribution in [0.25, 0.3) is 0 Å². The highest BCUT2D eigenvalue weighted by molar-refractivity contribution is 5.92. The number of nitrogens with zero attached hydrogens (tertiary/aromatic N) is 2. The van der Waals surface area contributed by atoms with Gasteiger partial charge >= 0.3 is 0 Å². The Bertz CT molecular complexity index is 464. The van der Waals surface area contributed by atoms with Crippen molar-refractivity contribution in [3.8, 4) is 6.07 Å². The Kier molecular flexibility index (Phi) is 3.90. The van der Waals surface area contributed by atoms with Gasteiger partial charge in [-0.3, -0.25) is 4.79 Å². The van der Waals surface area contributed by atoms with Gasteiger partial charge in [-0.25, -0.2) is 4.98 Å². The second-order valence-electron chi connectivity index (χ2n) is 4.36. The van der Waals surface area contributed by atoms with Crippen molar-refractivity contribution in [3.63, 3.8) is 0 Å². The van der Waals surface area contributed by atoms with Crippen molar-refractivity contribution in [1.29, 1.82) is 5.26 Å². The fraction of sp³-hybridized carbons (Fsp3) is 0.462. The Hall–Kier alpha value is -1.93. The van der Waals surface area contributed by atoms with Crippen molar-refractivity contribution >= 4 is 11.7 Å². The largest absolute Gasteiger partial charge is 0.378 e. The van der Waals surface area contributed by atoms with Gasteiger partial charge in [0.05, 0.1) is 17.6 Å². The van der Waals surface area contributed by atoms with E-state index in [1.165, 1.54) is 6.20 Å². The van der Waals surface area contributed by atoms with Crippen LogP contribution < -0.4 is 5.32 Å². The number of carbonyl (C=O) groups excluding carboxylic acids is 1. The van der Waals surface area contributed by atoms with E-state index in [9.17, 15) is 4.79 Å². The molecule has 5 nitrogen and oxygen atoms in total. The first kappa shape index (κ1) is 12.5. The summed E-state index contributed by atoms with van der Waals surface area (Å²) in [5, 5.41) is 11.4. The number of amides is 1. The number of hydrogen-bond donors (Lipinski definition) is 1. The third-order valence-corrected chi connectivity index (χ3v) is 3.09. The highest BCUT2D eigenvalue weighted by Gasteiger charge is 2.28. The molecule has 0 bridgehead atoms. The van der Waals surface area contributed by atoms with Crippen molar-refractivity contribution in [2.24, 2.45) is 5.92 Å². The van der Waals surface area contributed by atoms with Crippen LogP contribution in [0.15, 0.2) is 18.3 Å². The summed E-state index contributed by atoms with van der Waals surface area (Å²) >= 11 is 0. The molecular formula is C13H15N3O2. The summed E-state index contributed by atoms with van der Waals surface area (Å²) in [6.45, 7) is 2.63. The summed E-state index contributed by atoms with van der Waals surface area (Å²) in [6, 6.07) is 5.24. The molecule has 1 amide bonds. The molecule has 1 saturated heterocycles. The normalized spacial score (nSPS) is 23.1. The number of anilines is 1. The molecule has 94 valence electrons. The monoisotopic (exact) mass is 245 g/mol. The van der Waals surface area contributed by atoms with E-state index in [0.29, 0.717) is 11.4 Å². The molecule has 0 aliphatic carbocycles. The summed E-state index contributed by atoms with van der Waals surface area (Å²) in [5.74, 6) is 0.271. The van der Waals surface area contributed by atoms with Crippen LogP contribution in [0.5, 0.6) is 0 Å².